The summed E-state index contributed by atoms with van der Waals surface area (Å²) in [6, 6.07) is 11.4. The van der Waals surface area contributed by atoms with Crippen LogP contribution in [0, 0.1) is 22.9 Å². The molecule has 0 saturated heterocycles. The van der Waals surface area contributed by atoms with Gasteiger partial charge in [0.15, 0.2) is 4.80 Å². The highest BCUT2D eigenvalue weighted by Crippen LogP contribution is 2.24. The third-order valence-electron chi connectivity index (χ3n) is 3.84. The smallest absolute Gasteiger partial charge is 0.279 e. The van der Waals surface area contributed by atoms with Crippen molar-refractivity contribution in [3.8, 4) is 11.3 Å². The summed E-state index contributed by atoms with van der Waals surface area (Å²) in [6.07, 6.45) is 0. The van der Waals surface area contributed by atoms with E-state index in [2.05, 4.69) is 4.99 Å². The lowest BCUT2D eigenvalue weighted by Gasteiger charge is -2.04. The lowest BCUT2D eigenvalue weighted by molar-refractivity contribution is -0.384. The number of amides is 1. The Morgan fingerprint density at radius 1 is 1.15 bits per heavy atom. The fourth-order valence-electron chi connectivity index (χ4n) is 2.57. The third-order valence-corrected chi connectivity index (χ3v) is 4.89. The molecule has 8 heteroatoms. The monoisotopic (exact) mass is 371 g/mol. The SMILES string of the molecule is Cc1sc(=NC(=O)c2ccc([N+](=O)[O-])cc2)n(C)c1-c1ccc(F)cc1. The molecule has 0 atom stereocenters. The Balaban J connectivity index is 1.99. The molecule has 0 N–H and O–H groups in total. The van der Waals surface area contributed by atoms with E-state index >= 15 is 0 Å². The number of thiazole rings is 1. The van der Waals surface area contributed by atoms with Crippen molar-refractivity contribution in [2.75, 3.05) is 0 Å². The minimum Gasteiger partial charge on any atom is -0.319 e. The van der Waals surface area contributed by atoms with E-state index in [9.17, 15) is 19.3 Å². The number of carbonyl (C=O) groups is 1. The molecule has 1 heterocycles. The van der Waals surface area contributed by atoms with Gasteiger partial charge >= 0.3 is 0 Å². The predicted molar refractivity (Wildman–Crippen MR) is 96.4 cm³/mol. The van der Waals surface area contributed by atoms with Gasteiger partial charge in [-0.3, -0.25) is 14.9 Å². The van der Waals surface area contributed by atoms with Crippen LogP contribution < -0.4 is 4.80 Å². The fraction of sp³-hybridized carbons (Fsp3) is 0.111. The number of aryl methyl sites for hydroxylation is 1. The molecular weight excluding hydrogens is 357 g/mol. The first-order chi connectivity index (χ1) is 12.4. The number of nitro groups is 1. The van der Waals surface area contributed by atoms with E-state index in [1.165, 1.54) is 47.7 Å². The van der Waals surface area contributed by atoms with Crippen LogP contribution in [-0.4, -0.2) is 15.4 Å². The van der Waals surface area contributed by atoms with Gasteiger partial charge in [-0.1, -0.05) is 0 Å². The van der Waals surface area contributed by atoms with E-state index < -0.39 is 10.8 Å². The first kappa shape index (κ1) is 17.7. The molecule has 6 nitrogen and oxygen atoms in total. The van der Waals surface area contributed by atoms with Gasteiger partial charge in [0.2, 0.25) is 0 Å². The lowest BCUT2D eigenvalue weighted by atomic mass is 10.1. The number of rotatable bonds is 3. The normalized spacial score (nSPS) is 11.6. The highest BCUT2D eigenvalue weighted by Gasteiger charge is 2.13. The van der Waals surface area contributed by atoms with Crippen molar-refractivity contribution in [1.29, 1.82) is 0 Å². The first-order valence-corrected chi connectivity index (χ1v) is 8.44. The Morgan fingerprint density at radius 2 is 1.77 bits per heavy atom. The molecule has 0 saturated carbocycles. The van der Waals surface area contributed by atoms with Crippen molar-refractivity contribution in [2.45, 2.75) is 6.92 Å². The zero-order valence-corrected chi connectivity index (χ0v) is 14.8. The van der Waals surface area contributed by atoms with E-state index in [1.54, 1.807) is 23.7 Å². The average Bonchev–Trinajstić information content (AvgIpc) is 2.89. The second-order valence-electron chi connectivity index (χ2n) is 5.58. The summed E-state index contributed by atoms with van der Waals surface area (Å²) in [4.78, 5) is 28.1. The summed E-state index contributed by atoms with van der Waals surface area (Å²) in [5.41, 5.74) is 1.86. The molecule has 1 aromatic heterocycles. The van der Waals surface area contributed by atoms with Crippen molar-refractivity contribution in [2.24, 2.45) is 12.0 Å². The molecule has 0 fully saturated rings. The van der Waals surface area contributed by atoms with Crippen LogP contribution in [0.5, 0.6) is 0 Å². The van der Waals surface area contributed by atoms with Crippen LogP contribution in [0.3, 0.4) is 0 Å². The van der Waals surface area contributed by atoms with Crippen LogP contribution in [0.25, 0.3) is 11.3 Å². The topological polar surface area (TPSA) is 77.5 Å². The maximum Gasteiger partial charge on any atom is 0.279 e. The van der Waals surface area contributed by atoms with Crippen LogP contribution in [0.15, 0.2) is 53.5 Å². The Labute approximate surface area is 152 Å². The standard InChI is InChI=1S/C18H14FN3O3S/c1-11-16(12-3-7-14(19)8-4-12)21(2)18(26-11)20-17(23)13-5-9-15(10-6-13)22(24)25/h3-10H,1-2H3. The lowest BCUT2D eigenvalue weighted by Crippen LogP contribution is -2.14. The van der Waals surface area contributed by atoms with Crippen LogP contribution >= 0.6 is 11.3 Å². The molecular formula is C18H14FN3O3S. The maximum absolute atomic E-state index is 13.1. The molecule has 26 heavy (non-hydrogen) atoms. The number of non-ortho nitro benzene ring substituents is 1. The number of nitrogens with zero attached hydrogens (tertiary/aromatic N) is 3. The van der Waals surface area contributed by atoms with Crippen LogP contribution in [0.2, 0.25) is 0 Å². The molecule has 132 valence electrons. The van der Waals surface area contributed by atoms with Gasteiger partial charge in [-0.2, -0.15) is 4.99 Å². The van der Waals surface area contributed by atoms with E-state index in [0.29, 0.717) is 4.80 Å². The second-order valence-corrected chi connectivity index (χ2v) is 6.76. The minimum atomic E-state index is -0.525. The zero-order valence-electron chi connectivity index (χ0n) is 14.0. The van der Waals surface area contributed by atoms with E-state index in [1.807, 2.05) is 6.92 Å². The van der Waals surface area contributed by atoms with Gasteiger partial charge in [0.05, 0.1) is 10.6 Å². The van der Waals surface area contributed by atoms with Crippen LogP contribution in [0.1, 0.15) is 15.2 Å². The Morgan fingerprint density at radius 3 is 2.35 bits per heavy atom. The van der Waals surface area contributed by atoms with Gasteiger partial charge in [-0.15, -0.1) is 11.3 Å². The molecule has 3 aromatic rings. The van der Waals surface area contributed by atoms with Crippen LogP contribution in [-0.2, 0) is 7.05 Å². The molecule has 1 amide bonds. The molecule has 0 unspecified atom stereocenters. The fourth-order valence-corrected chi connectivity index (χ4v) is 3.55. The number of carbonyl (C=O) groups excluding carboxylic acids is 1. The molecule has 2 aromatic carbocycles. The second kappa shape index (κ2) is 7.01. The summed E-state index contributed by atoms with van der Waals surface area (Å²) in [7, 11) is 1.78. The van der Waals surface area contributed by atoms with Crippen molar-refractivity contribution in [3.63, 3.8) is 0 Å². The molecule has 0 aliphatic carbocycles. The minimum absolute atomic E-state index is 0.0855. The zero-order chi connectivity index (χ0) is 18.8. The molecule has 0 aliphatic heterocycles. The van der Waals surface area contributed by atoms with Crippen molar-refractivity contribution in [3.05, 3.63) is 79.7 Å². The number of benzene rings is 2. The number of aromatic nitrogens is 1. The Kier molecular flexibility index (Phi) is 4.77. The van der Waals surface area contributed by atoms with Gasteiger partial charge in [-0.05, 0) is 48.9 Å². The maximum atomic E-state index is 13.1. The van der Waals surface area contributed by atoms with Crippen LogP contribution in [0.4, 0.5) is 10.1 Å². The predicted octanol–water partition coefficient (Wildman–Crippen LogP) is 3.85. The molecule has 0 radical (unpaired) electrons. The van der Waals surface area contributed by atoms with Gasteiger partial charge in [-0.25, -0.2) is 4.39 Å². The third kappa shape index (κ3) is 3.45. The van der Waals surface area contributed by atoms with Gasteiger partial charge in [0.25, 0.3) is 11.6 Å². The summed E-state index contributed by atoms with van der Waals surface area (Å²) in [5, 5.41) is 10.7. The largest absolute Gasteiger partial charge is 0.319 e. The first-order valence-electron chi connectivity index (χ1n) is 7.62. The van der Waals surface area contributed by atoms with E-state index in [0.717, 1.165) is 16.1 Å². The van der Waals surface area contributed by atoms with Crippen molar-refractivity contribution in [1.82, 2.24) is 4.57 Å². The van der Waals surface area contributed by atoms with Gasteiger partial charge < -0.3 is 4.57 Å². The van der Waals surface area contributed by atoms with Crippen molar-refractivity contribution < 1.29 is 14.1 Å². The molecule has 0 spiro atoms. The number of hydrogen-bond donors (Lipinski definition) is 0. The summed E-state index contributed by atoms with van der Waals surface area (Å²) in [5.74, 6) is -0.801. The highest BCUT2D eigenvalue weighted by molar-refractivity contribution is 7.09. The molecule has 0 aliphatic rings. The van der Waals surface area contributed by atoms with Gasteiger partial charge in [0, 0.05) is 29.6 Å². The average molecular weight is 371 g/mol. The highest BCUT2D eigenvalue weighted by atomic mass is 32.1. The van der Waals surface area contributed by atoms with Crippen molar-refractivity contribution >= 4 is 22.9 Å². The van der Waals surface area contributed by atoms with Gasteiger partial charge in [0.1, 0.15) is 5.82 Å². The number of nitro benzene ring substituents is 1. The quantitative estimate of drug-likeness (QED) is 0.518. The number of halogens is 1. The molecule has 0 bridgehead atoms. The number of hydrogen-bond acceptors (Lipinski definition) is 4. The van der Waals surface area contributed by atoms with E-state index in [-0.39, 0.29) is 17.1 Å². The Bertz CT molecular complexity index is 1050. The summed E-state index contributed by atoms with van der Waals surface area (Å²) < 4.78 is 14.9. The summed E-state index contributed by atoms with van der Waals surface area (Å²) >= 11 is 1.34. The van der Waals surface area contributed by atoms with E-state index in [4.69, 9.17) is 0 Å². The summed E-state index contributed by atoms with van der Waals surface area (Å²) in [6.45, 7) is 1.90. The Hall–Kier alpha value is -3.13. The molecule has 3 rings (SSSR count).